The van der Waals surface area contributed by atoms with Gasteiger partial charge in [0.2, 0.25) is 0 Å². The van der Waals surface area contributed by atoms with Crippen molar-refractivity contribution < 1.29 is 14.7 Å². The molecule has 0 saturated heterocycles. The summed E-state index contributed by atoms with van der Waals surface area (Å²) < 4.78 is 0. The standard InChI is InChI=1S/C16H16N2O3/c1-12-6-5-10-17-15(12)16(21)18(11-9-14(19)20)13-7-3-2-4-8-13/h2-8,10H,9,11H2,1H3,(H,19,20). The maximum absolute atomic E-state index is 12.6. The molecule has 0 radical (unpaired) electrons. The van der Waals surface area contributed by atoms with Crippen LogP contribution >= 0.6 is 0 Å². The Balaban J connectivity index is 2.33. The monoisotopic (exact) mass is 284 g/mol. The molecule has 1 N–H and O–H groups in total. The van der Waals surface area contributed by atoms with Gasteiger partial charge in [0.15, 0.2) is 0 Å². The molecule has 0 spiro atoms. The zero-order valence-electron chi connectivity index (χ0n) is 11.7. The molecule has 0 aliphatic rings. The molecule has 0 aliphatic carbocycles. The lowest BCUT2D eigenvalue weighted by Gasteiger charge is -2.22. The summed E-state index contributed by atoms with van der Waals surface area (Å²) in [6, 6.07) is 12.6. The van der Waals surface area contributed by atoms with Crippen molar-refractivity contribution in [3.8, 4) is 0 Å². The summed E-state index contributed by atoms with van der Waals surface area (Å²) in [6.07, 6.45) is 1.44. The molecule has 0 unspecified atom stereocenters. The smallest absolute Gasteiger partial charge is 0.305 e. The minimum atomic E-state index is -0.943. The Morgan fingerprint density at radius 2 is 1.86 bits per heavy atom. The van der Waals surface area contributed by atoms with Crippen LogP contribution in [0, 0.1) is 6.92 Å². The van der Waals surface area contributed by atoms with Crippen LogP contribution in [0.2, 0.25) is 0 Å². The molecule has 1 heterocycles. The average molecular weight is 284 g/mol. The van der Waals surface area contributed by atoms with Gasteiger partial charge < -0.3 is 10.0 Å². The molecule has 21 heavy (non-hydrogen) atoms. The van der Waals surface area contributed by atoms with Gasteiger partial charge in [0.1, 0.15) is 5.69 Å². The molecule has 108 valence electrons. The van der Waals surface area contributed by atoms with E-state index in [0.29, 0.717) is 11.4 Å². The highest BCUT2D eigenvalue weighted by molar-refractivity contribution is 6.05. The fraction of sp³-hybridized carbons (Fsp3) is 0.188. The van der Waals surface area contributed by atoms with E-state index in [1.807, 2.05) is 18.2 Å². The number of pyridine rings is 1. The number of hydrogen-bond donors (Lipinski definition) is 1. The van der Waals surface area contributed by atoms with Crippen LogP contribution < -0.4 is 4.90 Å². The number of anilines is 1. The lowest BCUT2D eigenvalue weighted by Crippen LogP contribution is -2.34. The summed E-state index contributed by atoms with van der Waals surface area (Å²) in [7, 11) is 0. The Morgan fingerprint density at radius 3 is 2.48 bits per heavy atom. The van der Waals surface area contributed by atoms with Crippen LogP contribution in [0.4, 0.5) is 5.69 Å². The van der Waals surface area contributed by atoms with Gasteiger partial charge in [0.25, 0.3) is 5.91 Å². The Kier molecular flexibility index (Phi) is 4.66. The normalized spacial score (nSPS) is 10.1. The molecule has 1 aromatic carbocycles. The SMILES string of the molecule is Cc1cccnc1C(=O)N(CCC(=O)O)c1ccccc1. The molecule has 5 heteroatoms. The highest BCUT2D eigenvalue weighted by atomic mass is 16.4. The molecule has 0 bridgehead atoms. The van der Waals surface area contributed by atoms with Crippen LogP contribution in [0.5, 0.6) is 0 Å². The number of carbonyl (C=O) groups is 2. The van der Waals surface area contributed by atoms with Crippen LogP contribution in [0.3, 0.4) is 0 Å². The molecular formula is C16H16N2O3. The zero-order chi connectivity index (χ0) is 15.2. The second kappa shape index (κ2) is 6.65. The van der Waals surface area contributed by atoms with Crippen LogP contribution in [-0.4, -0.2) is 28.5 Å². The Labute approximate surface area is 122 Å². The summed E-state index contributed by atoms with van der Waals surface area (Å²) in [5.41, 5.74) is 1.76. The van der Waals surface area contributed by atoms with Crippen molar-refractivity contribution in [3.63, 3.8) is 0 Å². The average Bonchev–Trinajstić information content (AvgIpc) is 2.48. The van der Waals surface area contributed by atoms with E-state index >= 15 is 0 Å². The van der Waals surface area contributed by atoms with E-state index in [2.05, 4.69) is 4.98 Å². The minimum Gasteiger partial charge on any atom is -0.481 e. The van der Waals surface area contributed by atoms with E-state index in [-0.39, 0.29) is 18.9 Å². The quantitative estimate of drug-likeness (QED) is 0.915. The summed E-state index contributed by atoms with van der Waals surface area (Å²) in [5.74, 6) is -1.23. The zero-order valence-corrected chi connectivity index (χ0v) is 11.7. The second-order valence-corrected chi connectivity index (χ2v) is 4.60. The van der Waals surface area contributed by atoms with E-state index in [1.54, 1.807) is 37.4 Å². The number of carboxylic acids is 1. The third-order valence-corrected chi connectivity index (χ3v) is 3.07. The maximum atomic E-state index is 12.6. The molecule has 1 amide bonds. The van der Waals surface area contributed by atoms with Crippen LogP contribution in [0.15, 0.2) is 48.7 Å². The van der Waals surface area contributed by atoms with Crippen molar-refractivity contribution in [1.29, 1.82) is 0 Å². The first-order chi connectivity index (χ1) is 10.1. The van der Waals surface area contributed by atoms with Gasteiger partial charge >= 0.3 is 5.97 Å². The summed E-state index contributed by atoms with van der Waals surface area (Å²) in [5, 5.41) is 8.86. The number of amides is 1. The first kappa shape index (κ1) is 14.7. The molecule has 0 saturated carbocycles. The molecule has 2 aromatic rings. The van der Waals surface area contributed by atoms with Crippen molar-refractivity contribution >= 4 is 17.6 Å². The van der Waals surface area contributed by atoms with E-state index in [4.69, 9.17) is 5.11 Å². The number of para-hydroxylation sites is 1. The van der Waals surface area contributed by atoms with Crippen molar-refractivity contribution in [1.82, 2.24) is 4.98 Å². The molecule has 5 nitrogen and oxygen atoms in total. The number of carboxylic acid groups (broad SMARTS) is 1. The van der Waals surface area contributed by atoms with E-state index in [9.17, 15) is 9.59 Å². The predicted molar refractivity (Wildman–Crippen MR) is 79.3 cm³/mol. The van der Waals surface area contributed by atoms with Crippen molar-refractivity contribution in [2.75, 3.05) is 11.4 Å². The maximum Gasteiger partial charge on any atom is 0.305 e. The fourth-order valence-electron chi connectivity index (χ4n) is 2.00. The highest BCUT2D eigenvalue weighted by Gasteiger charge is 2.20. The van der Waals surface area contributed by atoms with Gasteiger partial charge in [-0.15, -0.1) is 0 Å². The van der Waals surface area contributed by atoms with Crippen molar-refractivity contribution in [2.45, 2.75) is 13.3 Å². The van der Waals surface area contributed by atoms with Crippen LogP contribution in [-0.2, 0) is 4.79 Å². The largest absolute Gasteiger partial charge is 0.481 e. The van der Waals surface area contributed by atoms with Crippen molar-refractivity contribution in [3.05, 3.63) is 59.9 Å². The number of nitrogens with zero attached hydrogens (tertiary/aromatic N) is 2. The van der Waals surface area contributed by atoms with E-state index in [0.717, 1.165) is 5.56 Å². The van der Waals surface area contributed by atoms with E-state index < -0.39 is 5.97 Å². The number of benzene rings is 1. The highest BCUT2D eigenvalue weighted by Crippen LogP contribution is 2.18. The Hall–Kier alpha value is -2.69. The number of rotatable bonds is 5. The first-order valence-electron chi connectivity index (χ1n) is 6.60. The van der Waals surface area contributed by atoms with Crippen molar-refractivity contribution in [2.24, 2.45) is 0 Å². The second-order valence-electron chi connectivity index (χ2n) is 4.60. The lowest BCUT2D eigenvalue weighted by atomic mass is 10.1. The van der Waals surface area contributed by atoms with E-state index in [1.165, 1.54) is 4.90 Å². The van der Waals surface area contributed by atoms with Crippen LogP contribution in [0.25, 0.3) is 0 Å². The third kappa shape index (κ3) is 3.66. The molecule has 0 atom stereocenters. The topological polar surface area (TPSA) is 70.5 Å². The Morgan fingerprint density at radius 1 is 1.14 bits per heavy atom. The van der Waals surface area contributed by atoms with Gasteiger partial charge in [-0.1, -0.05) is 24.3 Å². The van der Waals surface area contributed by atoms with Gasteiger partial charge in [-0.3, -0.25) is 14.6 Å². The molecular weight excluding hydrogens is 268 g/mol. The third-order valence-electron chi connectivity index (χ3n) is 3.07. The molecule has 1 aromatic heterocycles. The predicted octanol–water partition coefficient (Wildman–Crippen LogP) is 2.51. The summed E-state index contributed by atoms with van der Waals surface area (Å²) in [6.45, 7) is 1.91. The molecule has 0 fully saturated rings. The lowest BCUT2D eigenvalue weighted by molar-refractivity contribution is -0.136. The molecule has 2 rings (SSSR count). The Bertz CT molecular complexity index is 641. The number of aryl methyl sites for hydroxylation is 1. The molecule has 0 aliphatic heterocycles. The minimum absolute atomic E-state index is 0.105. The first-order valence-corrected chi connectivity index (χ1v) is 6.60. The number of hydrogen-bond acceptors (Lipinski definition) is 3. The number of aliphatic carboxylic acids is 1. The summed E-state index contributed by atoms with van der Waals surface area (Å²) in [4.78, 5) is 29.0. The summed E-state index contributed by atoms with van der Waals surface area (Å²) >= 11 is 0. The fourth-order valence-corrected chi connectivity index (χ4v) is 2.00. The van der Waals surface area contributed by atoms with Gasteiger partial charge in [0.05, 0.1) is 6.42 Å². The number of carbonyl (C=O) groups excluding carboxylic acids is 1. The van der Waals surface area contributed by atoms with Gasteiger partial charge in [-0.05, 0) is 30.7 Å². The van der Waals surface area contributed by atoms with Crippen LogP contribution in [0.1, 0.15) is 22.5 Å². The van der Waals surface area contributed by atoms with Gasteiger partial charge in [0, 0.05) is 18.4 Å². The number of aromatic nitrogens is 1. The van der Waals surface area contributed by atoms with Gasteiger partial charge in [-0.2, -0.15) is 0 Å². The van der Waals surface area contributed by atoms with Gasteiger partial charge in [-0.25, -0.2) is 0 Å².